The fourth-order valence-electron chi connectivity index (χ4n) is 2.28. The van der Waals surface area contributed by atoms with Gasteiger partial charge in [-0.15, -0.1) is 24.0 Å². The van der Waals surface area contributed by atoms with E-state index in [0.717, 1.165) is 64.5 Å². The molecule has 1 rings (SSSR count). The van der Waals surface area contributed by atoms with E-state index < -0.39 is 5.91 Å². The number of nitrogens with one attached hydrogen (secondary N) is 2. The average molecular weight is 506 g/mol. The summed E-state index contributed by atoms with van der Waals surface area (Å²) in [4.78, 5) is 15.3. The Kier molecular flexibility index (Phi) is 16.6. The summed E-state index contributed by atoms with van der Waals surface area (Å²) in [5.74, 6) is 0.986. The monoisotopic (exact) mass is 506 g/mol. The number of amides is 1. The Morgan fingerprint density at radius 2 is 1.82 bits per heavy atom. The van der Waals surface area contributed by atoms with Gasteiger partial charge >= 0.3 is 0 Å². The summed E-state index contributed by atoms with van der Waals surface area (Å²) in [6.07, 6.45) is 4.06. The number of carbonyl (C=O) groups is 1. The number of hydrogen-bond donors (Lipinski definition) is 3. The number of aliphatic imine (C=N–C) groups is 1. The Labute approximate surface area is 185 Å². The molecule has 8 heteroatoms. The van der Waals surface area contributed by atoms with Crippen LogP contribution in [0.15, 0.2) is 29.3 Å². The topological polar surface area (TPSA) is 98.0 Å². The predicted molar refractivity (Wildman–Crippen MR) is 125 cm³/mol. The van der Waals surface area contributed by atoms with E-state index in [0.29, 0.717) is 5.75 Å². The Morgan fingerprint density at radius 3 is 2.46 bits per heavy atom. The van der Waals surface area contributed by atoms with Crippen molar-refractivity contribution in [3.63, 3.8) is 0 Å². The number of primary amides is 1. The molecule has 7 nitrogen and oxygen atoms in total. The maximum Gasteiger partial charge on any atom is 0.255 e. The normalized spacial score (nSPS) is 10.9. The highest BCUT2D eigenvalue weighted by Gasteiger charge is 2.00. The van der Waals surface area contributed by atoms with Gasteiger partial charge < -0.3 is 25.8 Å². The van der Waals surface area contributed by atoms with E-state index >= 15 is 0 Å². The molecule has 28 heavy (non-hydrogen) atoms. The summed E-state index contributed by atoms with van der Waals surface area (Å²) in [6.45, 7) is 8.05. The first-order valence-corrected chi connectivity index (χ1v) is 9.75. The predicted octanol–water partition coefficient (Wildman–Crippen LogP) is 2.47. The molecule has 0 heterocycles. The highest BCUT2D eigenvalue weighted by atomic mass is 127. The molecule has 0 saturated heterocycles. The fourth-order valence-corrected chi connectivity index (χ4v) is 2.28. The summed E-state index contributed by atoms with van der Waals surface area (Å²) in [6, 6.07) is 7.65. The third-order valence-corrected chi connectivity index (χ3v) is 3.71. The lowest BCUT2D eigenvalue weighted by atomic mass is 10.1. The number of nitrogens with two attached hydrogens (primary N) is 1. The number of guanidine groups is 1. The van der Waals surface area contributed by atoms with Crippen molar-refractivity contribution in [2.75, 3.05) is 39.5 Å². The molecule has 1 aromatic carbocycles. The van der Waals surface area contributed by atoms with Crippen LogP contribution in [-0.4, -0.2) is 51.3 Å². The number of unbranched alkanes of at least 4 members (excludes halogenated alkanes) is 1. The molecule has 0 aliphatic carbocycles. The van der Waals surface area contributed by atoms with Crippen molar-refractivity contribution in [3.05, 3.63) is 29.8 Å². The molecule has 4 N–H and O–H groups in total. The molecular weight excluding hydrogens is 471 g/mol. The Bertz CT molecular complexity index is 553. The van der Waals surface area contributed by atoms with Crippen LogP contribution >= 0.6 is 24.0 Å². The summed E-state index contributed by atoms with van der Waals surface area (Å²) >= 11 is 0. The second-order valence-electron chi connectivity index (χ2n) is 6.16. The number of rotatable bonds is 14. The molecule has 1 aromatic rings. The Hall–Kier alpha value is -1.55. The first-order chi connectivity index (χ1) is 13.2. The van der Waals surface area contributed by atoms with Gasteiger partial charge in [0.05, 0.1) is 0 Å². The largest absolute Gasteiger partial charge is 0.484 e. The van der Waals surface area contributed by atoms with Crippen LogP contribution in [0.5, 0.6) is 5.75 Å². The molecule has 0 aliphatic rings. The van der Waals surface area contributed by atoms with Gasteiger partial charge in [-0.2, -0.15) is 0 Å². The van der Waals surface area contributed by atoms with Gasteiger partial charge in [0.1, 0.15) is 5.75 Å². The zero-order valence-electron chi connectivity index (χ0n) is 17.0. The molecule has 0 bridgehead atoms. The lowest BCUT2D eigenvalue weighted by Crippen LogP contribution is -2.38. The fraction of sp³-hybridized carbons (Fsp3) is 0.600. The van der Waals surface area contributed by atoms with Gasteiger partial charge in [-0.05, 0) is 43.9 Å². The molecule has 0 radical (unpaired) electrons. The van der Waals surface area contributed by atoms with Crippen LogP contribution in [0, 0.1) is 0 Å². The van der Waals surface area contributed by atoms with Crippen LogP contribution in [-0.2, 0) is 16.0 Å². The van der Waals surface area contributed by atoms with Gasteiger partial charge in [-0.3, -0.25) is 9.79 Å². The maximum absolute atomic E-state index is 10.7. The van der Waals surface area contributed by atoms with E-state index in [2.05, 4.69) is 29.5 Å². The molecule has 1 amide bonds. The van der Waals surface area contributed by atoms with Gasteiger partial charge in [-0.1, -0.05) is 25.5 Å². The molecule has 0 unspecified atom stereocenters. The summed E-state index contributed by atoms with van der Waals surface area (Å²) in [5, 5.41) is 6.59. The van der Waals surface area contributed by atoms with Crippen LogP contribution in [0.2, 0.25) is 0 Å². The quantitative estimate of drug-likeness (QED) is 0.156. The molecule has 0 spiro atoms. The van der Waals surface area contributed by atoms with E-state index in [1.165, 1.54) is 5.56 Å². The van der Waals surface area contributed by atoms with Crippen molar-refractivity contribution in [2.45, 2.75) is 39.5 Å². The van der Waals surface area contributed by atoms with E-state index in [4.69, 9.17) is 15.2 Å². The minimum absolute atomic E-state index is 0. The molecule has 0 saturated carbocycles. The lowest BCUT2D eigenvalue weighted by Gasteiger charge is -2.11. The van der Waals surface area contributed by atoms with Crippen LogP contribution in [0.1, 0.15) is 38.7 Å². The minimum Gasteiger partial charge on any atom is -0.484 e. The summed E-state index contributed by atoms with van der Waals surface area (Å²) in [7, 11) is 0. The van der Waals surface area contributed by atoms with Gasteiger partial charge in [0.15, 0.2) is 12.6 Å². The molecule has 0 aliphatic heterocycles. The van der Waals surface area contributed by atoms with E-state index in [1.807, 2.05) is 24.3 Å². The van der Waals surface area contributed by atoms with E-state index in [1.54, 1.807) is 0 Å². The summed E-state index contributed by atoms with van der Waals surface area (Å²) < 4.78 is 10.8. The SMILES string of the molecule is CCCCOCCCN=C(NCC)NCCc1ccc(OCC(N)=O)cc1.I. The minimum atomic E-state index is -0.481. The number of ether oxygens (including phenoxy) is 2. The van der Waals surface area contributed by atoms with Crippen molar-refractivity contribution in [3.8, 4) is 5.75 Å². The second kappa shape index (κ2) is 17.5. The summed E-state index contributed by atoms with van der Waals surface area (Å²) in [5.41, 5.74) is 6.24. The molecule has 0 atom stereocenters. The van der Waals surface area contributed by atoms with Gasteiger partial charge in [0, 0.05) is 32.8 Å². The molecular formula is C20H35IN4O3. The Balaban J connectivity index is 0.00000729. The van der Waals surface area contributed by atoms with Crippen LogP contribution in [0.25, 0.3) is 0 Å². The van der Waals surface area contributed by atoms with Crippen molar-refractivity contribution >= 4 is 35.8 Å². The van der Waals surface area contributed by atoms with Crippen LogP contribution in [0.3, 0.4) is 0 Å². The lowest BCUT2D eigenvalue weighted by molar-refractivity contribution is -0.119. The first-order valence-electron chi connectivity index (χ1n) is 9.75. The Morgan fingerprint density at radius 1 is 1.11 bits per heavy atom. The second-order valence-corrected chi connectivity index (χ2v) is 6.16. The number of nitrogens with zero attached hydrogens (tertiary/aromatic N) is 1. The standard InChI is InChI=1S/C20H34N4O3.HI/c1-3-5-14-26-15-6-12-23-20(22-4-2)24-13-11-17-7-9-18(10-8-17)27-16-19(21)25;/h7-10H,3-6,11-16H2,1-2H3,(H2,21,25)(H2,22,23,24);1H. The van der Waals surface area contributed by atoms with Crippen molar-refractivity contribution in [1.29, 1.82) is 0 Å². The van der Waals surface area contributed by atoms with Crippen molar-refractivity contribution < 1.29 is 14.3 Å². The van der Waals surface area contributed by atoms with E-state index in [-0.39, 0.29) is 30.6 Å². The molecule has 0 fully saturated rings. The first kappa shape index (κ1) is 26.4. The number of halogens is 1. The van der Waals surface area contributed by atoms with Gasteiger partial charge in [0.2, 0.25) is 0 Å². The van der Waals surface area contributed by atoms with Gasteiger partial charge in [0.25, 0.3) is 5.91 Å². The highest BCUT2D eigenvalue weighted by Crippen LogP contribution is 2.12. The smallest absolute Gasteiger partial charge is 0.255 e. The molecule has 0 aromatic heterocycles. The van der Waals surface area contributed by atoms with Gasteiger partial charge in [-0.25, -0.2) is 0 Å². The number of carbonyl (C=O) groups excluding carboxylic acids is 1. The third-order valence-electron chi connectivity index (χ3n) is 3.71. The maximum atomic E-state index is 10.7. The van der Waals surface area contributed by atoms with Crippen molar-refractivity contribution in [2.24, 2.45) is 10.7 Å². The highest BCUT2D eigenvalue weighted by molar-refractivity contribution is 14.0. The number of benzene rings is 1. The molecule has 160 valence electrons. The average Bonchev–Trinajstić information content (AvgIpc) is 2.66. The third kappa shape index (κ3) is 13.6. The van der Waals surface area contributed by atoms with Crippen LogP contribution in [0.4, 0.5) is 0 Å². The number of hydrogen-bond acceptors (Lipinski definition) is 4. The zero-order chi connectivity index (χ0) is 19.7. The zero-order valence-corrected chi connectivity index (χ0v) is 19.4. The van der Waals surface area contributed by atoms with Crippen molar-refractivity contribution in [1.82, 2.24) is 10.6 Å². The van der Waals surface area contributed by atoms with Crippen LogP contribution < -0.4 is 21.1 Å². The van der Waals surface area contributed by atoms with E-state index in [9.17, 15) is 4.79 Å².